The first-order chi connectivity index (χ1) is 10.5. The number of rotatable bonds is 9. The van der Waals surface area contributed by atoms with Gasteiger partial charge in [-0.2, -0.15) is 0 Å². The summed E-state index contributed by atoms with van der Waals surface area (Å²) in [5, 5.41) is 11.3. The molecule has 0 heterocycles. The maximum absolute atomic E-state index is 13.7. The van der Waals surface area contributed by atoms with E-state index in [1.54, 1.807) is 6.92 Å². The molecule has 0 radical (unpaired) electrons. The Hall–Kier alpha value is -1.99. The van der Waals surface area contributed by atoms with Crippen LogP contribution in [0, 0.1) is 5.82 Å². The van der Waals surface area contributed by atoms with Crippen molar-refractivity contribution < 1.29 is 28.6 Å². The summed E-state index contributed by atoms with van der Waals surface area (Å²) in [6.07, 6.45) is 0.259. The van der Waals surface area contributed by atoms with Crippen LogP contribution in [0.1, 0.15) is 29.3 Å². The molecule has 0 saturated carbocycles. The normalized spacial score (nSPS) is 12.0. The summed E-state index contributed by atoms with van der Waals surface area (Å²) < 4.78 is 23.7. The first-order valence-electron chi connectivity index (χ1n) is 6.88. The second-order valence-corrected chi connectivity index (χ2v) is 4.62. The van der Waals surface area contributed by atoms with E-state index in [0.29, 0.717) is 13.2 Å². The molecule has 2 N–H and O–H groups in total. The molecule has 7 heteroatoms. The van der Waals surface area contributed by atoms with Crippen molar-refractivity contribution in [2.45, 2.75) is 26.0 Å². The smallest absolute Gasteiger partial charge is 0.326 e. The van der Waals surface area contributed by atoms with Gasteiger partial charge >= 0.3 is 5.97 Å². The maximum atomic E-state index is 13.7. The number of nitrogens with one attached hydrogen (secondary N) is 1. The van der Waals surface area contributed by atoms with Crippen molar-refractivity contribution in [3.8, 4) is 0 Å². The van der Waals surface area contributed by atoms with Crippen LogP contribution in [0.4, 0.5) is 4.39 Å². The number of carboxylic acid groups (broad SMARTS) is 1. The standard InChI is InChI=1S/C15H20FNO5/c1-3-13(15(19)20)17-14(18)10-4-5-12(16)11(8-10)9-22-7-6-21-2/h4-5,8,13H,3,6-7,9H2,1-2H3,(H,17,18)(H,19,20). The Morgan fingerprint density at radius 1 is 1.36 bits per heavy atom. The lowest BCUT2D eigenvalue weighted by atomic mass is 10.1. The quantitative estimate of drug-likeness (QED) is 0.676. The lowest BCUT2D eigenvalue weighted by Crippen LogP contribution is -2.40. The van der Waals surface area contributed by atoms with Crippen molar-refractivity contribution in [1.82, 2.24) is 5.32 Å². The van der Waals surface area contributed by atoms with Gasteiger partial charge in [0.25, 0.3) is 5.91 Å². The molecule has 0 saturated heterocycles. The minimum Gasteiger partial charge on any atom is -0.480 e. The van der Waals surface area contributed by atoms with E-state index in [1.165, 1.54) is 19.2 Å². The number of carbonyl (C=O) groups excluding carboxylic acids is 1. The highest BCUT2D eigenvalue weighted by Crippen LogP contribution is 2.12. The van der Waals surface area contributed by atoms with Crippen LogP contribution in [0.2, 0.25) is 0 Å². The van der Waals surface area contributed by atoms with E-state index in [2.05, 4.69) is 5.32 Å². The summed E-state index contributed by atoms with van der Waals surface area (Å²) >= 11 is 0. The molecule has 0 spiro atoms. The number of carboxylic acids is 1. The van der Waals surface area contributed by atoms with Gasteiger partial charge in [0, 0.05) is 18.2 Å². The molecule has 1 amide bonds. The van der Waals surface area contributed by atoms with Gasteiger partial charge in [-0.05, 0) is 24.6 Å². The minimum absolute atomic E-state index is 0.00640. The molecule has 0 aromatic heterocycles. The van der Waals surface area contributed by atoms with Crippen LogP contribution in [0.5, 0.6) is 0 Å². The van der Waals surface area contributed by atoms with E-state index in [1.807, 2.05) is 0 Å². The van der Waals surface area contributed by atoms with Crippen LogP contribution in [-0.4, -0.2) is 43.3 Å². The molecule has 1 unspecified atom stereocenters. The summed E-state index contributed by atoms with van der Waals surface area (Å²) in [5.74, 6) is -2.16. The summed E-state index contributed by atoms with van der Waals surface area (Å²) in [6, 6.07) is 2.84. The molecule has 0 aliphatic rings. The van der Waals surface area contributed by atoms with Gasteiger partial charge in [0.05, 0.1) is 19.8 Å². The number of hydrogen-bond donors (Lipinski definition) is 2. The van der Waals surface area contributed by atoms with Gasteiger partial charge in [-0.3, -0.25) is 4.79 Å². The Morgan fingerprint density at radius 2 is 2.09 bits per heavy atom. The first kappa shape index (κ1) is 18.1. The van der Waals surface area contributed by atoms with Crippen LogP contribution >= 0.6 is 0 Å². The number of halogens is 1. The largest absolute Gasteiger partial charge is 0.480 e. The van der Waals surface area contributed by atoms with Gasteiger partial charge in [-0.1, -0.05) is 6.92 Å². The summed E-state index contributed by atoms with van der Waals surface area (Å²) in [4.78, 5) is 22.9. The monoisotopic (exact) mass is 313 g/mol. The third-order valence-corrected chi connectivity index (χ3v) is 3.01. The van der Waals surface area contributed by atoms with Gasteiger partial charge < -0.3 is 19.9 Å². The van der Waals surface area contributed by atoms with E-state index < -0.39 is 23.7 Å². The molecule has 22 heavy (non-hydrogen) atoms. The van der Waals surface area contributed by atoms with Crippen molar-refractivity contribution in [2.75, 3.05) is 20.3 Å². The molecule has 1 rings (SSSR count). The molecule has 122 valence electrons. The van der Waals surface area contributed by atoms with Crippen molar-refractivity contribution >= 4 is 11.9 Å². The second kappa shape index (κ2) is 9.11. The molecule has 1 aromatic rings. The lowest BCUT2D eigenvalue weighted by molar-refractivity contribution is -0.139. The minimum atomic E-state index is -1.11. The lowest BCUT2D eigenvalue weighted by Gasteiger charge is -2.13. The van der Waals surface area contributed by atoms with Crippen LogP contribution in [0.15, 0.2) is 18.2 Å². The molecule has 0 aliphatic heterocycles. The number of ether oxygens (including phenoxy) is 2. The van der Waals surface area contributed by atoms with Gasteiger partial charge in [0.1, 0.15) is 11.9 Å². The Morgan fingerprint density at radius 3 is 2.68 bits per heavy atom. The Bertz CT molecular complexity index is 521. The number of aliphatic carboxylic acids is 1. The molecule has 1 atom stereocenters. The topological polar surface area (TPSA) is 84.9 Å². The van der Waals surface area contributed by atoms with Crippen molar-refractivity contribution in [3.05, 3.63) is 35.1 Å². The Balaban J connectivity index is 2.74. The molecule has 0 aliphatic carbocycles. The second-order valence-electron chi connectivity index (χ2n) is 4.62. The predicted molar refractivity (Wildman–Crippen MR) is 77.1 cm³/mol. The number of methoxy groups -OCH3 is 1. The zero-order valence-corrected chi connectivity index (χ0v) is 12.6. The molecule has 6 nitrogen and oxygen atoms in total. The average molecular weight is 313 g/mol. The summed E-state index contributed by atoms with van der Waals surface area (Å²) in [6.45, 7) is 2.35. The molecule has 1 aromatic carbocycles. The third-order valence-electron chi connectivity index (χ3n) is 3.01. The summed E-state index contributed by atoms with van der Waals surface area (Å²) in [5.41, 5.74) is 0.415. The van der Waals surface area contributed by atoms with Crippen LogP contribution in [0.25, 0.3) is 0 Å². The van der Waals surface area contributed by atoms with Crippen molar-refractivity contribution in [3.63, 3.8) is 0 Å². The third kappa shape index (κ3) is 5.42. The highest BCUT2D eigenvalue weighted by atomic mass is 19.1. The highest BCUT2D eigenvalue weighted by molar-refractivity contribution is 5.96. The maximum Gasteiger partial charge on any atom is 0.326 e. The molecule has 0 bridgehead atoms. The Kier molecular flexibility index (Phi) is 7.48. The number of carbonyl (C=O) groups is 2. The summed E-state index contributed by atoms with van der Waals surface area (Å²) in [7, 11) is 1.53. The fourth-order valence-corrected chi connectivity index (χ4v) is 1.73. The molecular weight excluding hydrogens is 293 g/mol. The average Bonchev–Trinajstić information content (AvgIpc) is 2.50. The van der Waals surface area contributed by atoms with Crippen LogP contribution in [0.3, 0.4) is 0 Å². The first-order valence-corrected chi connectivity index (χ1v) is 6.88. The predicted octanol–water partition coefficient (Wildman–Crippen LogP) is 1.58. The zero-order chi connectivity index (χ0) is 16.5. The SMILES string of the molecule is CCC(NC(=O)c1ccc(F)c(COCCOC)c1)C(=O)O. The number of amides is 1. The highest BCUT2D eigenvalue weighted by Gasteiger charge is 2.19. The Labute approximate surface area is 128 Å². The van der Waals surface area contributed by atoms with Gasteiger partial charge in [0.15, 0.2) is 0 Å². The van der Waals surface area contributed by atoms with E-state index in [0.717, 1.165) is 6.07 Å². The number of benzene rings is 1. The fourth-order valence-electron chi connectivity index (χ4n) is 1.73. The van der Waals surface area contributed by atoms with E-state index in [4.69, 9.17) is 14.6 Å². The van der Waals surface area contributed by atoms with Gasteiger partial charge in [-0.15, -0.1) is 0 Å². The van der Waals surface area contributed by atoms with E-state index in [-0.39, 0.29) is 24.2 Å². The van der Waals surface area contributed by atoms with Crippen molar-refractivity contribution in [1.29, 1.82) is 0 Å². The van der Waals surface area contributed by atoms with E-state index >= 15 is 0 Å². The van der Waals surface area contributed by atoms with Gasteiger partial charge in [0.2, 0.25) is 0 Å². The molecule has 0 fully saturated rings. The van der Waals surface area contributed by atoms with E-state index in [9.17, 15) is 14.0 Å². The van der Waals surface area contributed by atoms with Crippen molar-refractivity contribution in [2.24, 2.45) is 0 Å². The molecular formula is C15H20FNO5. The van der Waals surface area contributed by atoms with Crippen LogP contribution < -0.4 is 5.32 Å². The number of hydrogen-bond acceptors (Lipinski definition) is 4. The van der Waals surface area contributed by atoms with Crippen LogP contribution in [-0.2, 0) is 20.9 Å². The van der Waals surface area contributed by atoms with Gasteiger partial charge in [-0.25, -0.2) is 9.18 Å². The fraction of sp³-hybridized carbons (Fsp3) is 0.467. The zero-order valence-electron chi connectivity index (χ0n) is 12.6.